The van der Waals surface area contributed by atoms with Crippen LogP contribution in [0.5, 0.6) is 5.75 Å². The van der Waals surface area contributed by atoms with Crippen molar-refractivity contribution in [3.05, 3.63) is 47.8 Å². The van der Waals surface area contributed by atoms with Crippen molar-refractivity contribution >= 4 is 12.4 Å². The molecule has 0 radical (unpaired) electrons. The van der Waals surface area contributed by atoms with Crippen LogP contribution in [0.3, 0.4) is 0 Å². The lowest BCUT2D eigenvalue weighted by Crippen LogP contribution is -2.14. The van der Waals surface area contributed by atoms with Gasteiger partial charge in [0.25, 0.3) is 0 Å². The van der Waals surface area contributed by atoms with E-state index in [1.807, 2.05) is 37.4 Å². The van der Waals surface area contributed by atoms with Gasteiger partial charge in [0.15, 0.2) is 0 Å². The molecule has 2 aromatic rings. The van der Waals surface area contributed by atoms with E-state index in [9.17, 15) is 0 Å². The lowest BCUT2D eigenvalue weighted by molar-refractivity contribution is 0.285. The summed E-state index contributed by atoms with van der Waals surface area (Å²) in [6, 6.07) is 12.1. The number of halogens is 1. The zero-order valence-corrected chi connectivity index (χ0v) is 14.5. The Kier molecular flexibility index (Phi) is 6.93. The van der Waals surface area contributed by atoms with Gasteiger partial charge >= 0.3 is 0 Å². The third kappa shape index (κ3) is 4.98. The van der Waals surface area contributed by atoms with Gasteiger partial charge in [-0.05, 0) is 44.0 Å². The maximum Gasteiger partial charge on any atom is 0.130 e. The molecular weight excluding hydrogens is 310 g/mol. The maximum absolute atomic E-state index is 5.91. The first-order valence-electron chi connectivity index (χ1n) is 8.23. The van der Waals surface area contributed by atoms with Crippen LogP contribution in [0.4, 0.5) is 0 Å². The second kappa shape index (κ2) is 8.94. The molecule has 1 aliphatic rings. The van der Waals surface area contributed by atoms with Crippen molar-refractivity contribution in [3.8, 4) is 5.75 Å². The van der Waals surface area contributed by atoms with Gasteiger partial charge in [0.2, 0.25) is 0 Å². The zero-order chi connectivity index (χ0) is 15.2. The Bertz CT molecular complexity index is 579. The van der Waals surface area contributed by atoms with Gasteiger partial charge in [-0.1, -0.05) is 31.0 Å². The normalized spacial score (nSPS) is 14.7. The standard InChI is InChI=1S/C18H25N3O.ClH/c1-19-12-16-11-17(14-22-18-9-3-2-4-10-18)21(20-16)13-15-7-5-6-8-15;/h2-4,9-11,15,19H,5-8,12-14H2,1H3;1H. The average Bonchev–Trinajstić information content (AvgIpc) is 3.17. The monoisotopic (exact) mass is 335 g/mol. The zero-order valence-electron chi connectivity index (χ0n) is 13.7. The fraction of sp³-hybridized carbons (Fsp3) is 0.500. The highest BCUT2D eigenvalue weighted by atomic mass is 35.5. The number of nitrogens with one attached hydrogen (secondary N) is 1. The Morgan fingerprint density at radius 1 is 1.22 bits per heavy atom. The number of hydrogen-bond acceptors (Lipinski definition) is 3. The molecule has 1 N–H and O–H groups in total. The number of para-hydroxylation sites is 1. The summed E-state index contributed by atoms with van der Waals surface area (Å²) in [4.78, 5) is 0. The first kappa shape index (κ1) is 17.8. The Morgan fingerprint density at radius 2 is 1.96 bits per heavy atom. The van der Waals surface area contributed by atoms with Crippen LogP contribution in [0.2, 0.25) is 0 Å². The minimum Gasteiger partial charge on any atom is -0.487 e. The highest BCUT2D eigenvalue weighted by Gasteiger charge is 2.18. The van der Waals surface area contributed by atoms with Gasteiger partial charge in [0.1, 0.15) is 12.4 Å². The van der Waals surface area contributed by atoms with Gasteiger partial charge in [-0.3, -0.25) is 4.68 Å². The summed E-state index contributed by atoms with van der Waals surface area (Å²) < 4.78 is 8.07. The number of hydrogen-bond donors (Lipinski definition) is 1. The van der Waals surface area contributed by atoms with Gasteiger partial charge in [-0.25, -0.2) is 0 Å². The average molecular weight is 336 g/mol. The molecule has 0 saturated heterocycles. The minimum atomic E-state index is 0. The largest absolute Gasteiger partial charge is 0.487 e. The highest BCUT2D eigenvalue weighted by Crippen LogP contribution is 2.26. The van der Waals surface area contributed by atoms with Crippen LogP contribution in [0, 0.1) is 5.92 Å². The lowest BCUT2D eigenvalue weighted by Gasteiger charge is -2.13. The van der Waals surface area contributed by atoms with Crippen LogP contribution >= 0.6 is 12.4 Å². The molecule has 0 amide bonds. The Labute approximate surface area is 144 Å². The Hall–Kier alpha value is -1.52. The summed E-state index contributed by atoms with van der Waals surface area (Å²) in [7, 11) is 1.95. The van der Waals surface area contributed by atoms with E-state index < -0.39 is 0 Å². The molecule has 0 aliphatic heterocycles. The van der Waals surface area contributed by atoms with Gasteiger partial charge < -0.3 is 10.1 Å². The molecule has 126 valence electrons. The van der Waals surface area contributed by atoms with E-state index in [0.29, 0.717) is 6.61 Å². The van der Waals surface area contributed by atoms with Crippen molar-refractivity contribution in [2.45, 2.75) is 45.4 Å². The molecule has 1 aliphatic carbocycles. The topological polar surface area (TPSA) is 39.1 Å². The minimum absolute atomic E-state index is 0. The molecule has 23 heavy (non-hydrogen) atoms. The third-order valence-corrected chi connectivity index (χ3v) is 4.31. The van der Waals surface area contributed by atoms with Crippen LogP contribution < -0.4 is 10.1 Å². The summed E-state index contributed by atoms with van der Waals surface area (Å²) in [6.45, 7) is 2.40. The molecule has 3 rings (SSSR count). The second-order valence-electron chi connectivity index (χ2n) is 6.09. The van der Waals surface area contributed by atoms with E-state index in [2.05, 4.69) is 16.1 Å². The van der Waals surface area contributed by atoms with Gasteiger partial charge in [-0.15, -0.1) is 12.4 Å². The number of ether oxygens (including phenoxy) is 1. The molecule has 0 spiro atoms. The summed E-state index contributed by atoms with van der Waals surface area (Å²) >= 11 is 0. The van der Waals surface area contributed by atoms with Gasteiger partial charge in [0.05, 0.1) is 11.4 Å². The van der Waals surface area contributed by atoms with Crippen LogP contribution in [0.1, 0.15) is 37.1 Å². The fourth-order valence-electron chi connectivity index (χ4n) is 3.17. The number of aromatic nitrogens is 2. The molecule has 1 heterocycles. The van der Waals surface area contributed by atoms with E-state index in [0.717, 1.165) is 30.5 Å². The maximum atomic E-state index is 5.91. The van der Waals surface area contributed by atoms with E-state index in [1.165, 1.54) is 31.4 Å². The van der Waals surface area contributed by atoms with Crippen LogP contribution in [0.25, 0.3) is 0 Å². The van der Waals surface area contributed by atoms with Crippen LogP contribution in [-0.2, 0) is 19.7 Å². The van der Waals surface area contributed by atoms with Crippen molar-refractivity contribution in [2.75, 3.05) is 7.05 Å². The Balaban J connectivity index is 0.00000192. The molecule has 0 bridgehead atoms. The highest BCUT2D eigenvalue weighted by molar-refractivity contribution is 5.85. The molecule has 5 heteroatoms. The predicted molar refractivity (Wildman–Crippen MR) is 95.0 cm³/mol. The van der Waals surface area contributed by atoms with Crippen LogP contribution in [0.15, 0.2) is 36.4 Å². The molecule has 1 fully saturated rings. The molecule has 4 nitrogen and oxygen atoms in total. The first-order valence-corrected chi connectivity index (χ1v) is 8.23. The summed E-state index contributed by atoms with van der Waals surface area (Å²) in [5.41, 5.74) is 2.26. The third-order valence-electron chi connectivity index (χ3n) is 4.31. The summed E-state index contributed by atoms with van der Waals surface area (Å²) in [6.07, 6.45) is 5.40. The molecule has 1 aromatic heterocycles. The van der Waals surface area contributed by atoms with E-state index >= 15 is 0 Å². The molecule has 0 unspecified atom stereocenters. The van der Waals surface area contributed by atoms with Crippen molar-refractivity contribution in [3.63, 3.8) is 0 Å². The number of rotatable bonds is 7. The lowest BCUT2D eigenvalue weighted by atomic mass is 10.1. The van der Waals surface area contributed by atoms with Crippen molar-refractivity contribution < 1.29 is 4.74 Å². The quantitative estimate of drug-likeness (QED) is 0.836. The molecule has 1 aromatic carbocycles. The number of benzene rings is 1. The summed E-state index contributed by atoms with van der Waals surface area (Å²) in [5, 5.41) is 7.93. The van der Waals surface area contributed by atoms with Gasteiger partial charge in [0, 0.05) is 13.1 Å². The molecule has 0 atom stereocenters. The number of nitrogens with zero attached hydrogens (tertiary/aromatic N) is 2. The van der Waals surface area contributed by atoms with Gasteiger partial charge in [-0.2, -0.15) is 5.10 Å². The second-order valence-corrected chi connectivity index (χ2v) is 6.09. The SMILES string of the molecule is CNCc1cc(COc2ccccc2)n(CC2CCCC2)n1.Cl. The van der Waals surface area contributed by atoms with Crippen molar-refractivity contribution in [1.29, 1.82) is 0 Å². The fourth-order valence-corrected chi connectivity index (χ4v) is 3.17. The Morgan fingerprint density at radius 3 is 2.65 bits per heavy atom. The molecule has 1 saturated carbocycles. The smallest absolute Gasteiger partial charge is 0.130 e. The van der Waals surface area contributed by atoms with E-state index in [4.69, 9.17) is 9.84 Å². The molecular formula is C18H26ClN3O. The van der Waals surface area contributed by atoms with Crippen molar-refractivity contribution in [1.82, 2.24) is 15.1 Å². The first-order chi connectivity index (χ1) is 10.8. The van der Waals surface area contributed by atoms with Crippen LogP contribution in [-0.4, -0.2) is 16.8 Å². The van der Waals surface area contributed by atoms with Crippen molar-refractivity contribution in [2.24, 2.45) is 5.92 Å². The van der Waals surface area contributed by atoms with E-state index in [-0.39, 0.29) is 12.4 Å². The van der Waals surface area contributed by atoms with E-state index in [1.54, 1.807) is 0 Å². The predicted octanol–water partition coefficient (Wildman–Crippen LogP) is 3.79. The summed E-state index contributed by atoms with van der Waals surface area (Å²) in [5.74, 6) is 1.68.